The van der Waals surface area contributed by atoms with E-state index in [9.17, 15) is 0 Å². The van der Waals surface area contributed by atoms with Crippen molar-refractivity contribution in [3.8, 4) is 0 Å². The molecule has 1 saturated carbocycles. The Kier molecular flexibility index (Phi) is 2.26. The van der Waals surface area contributed by atoms with Gasteiger partial charge in [0.1, 0.15) is 0 Å². The van der Waals surface area contributed by atoms with Gasteiger partial charge in [-0.1, -0.05) is 29.3 Å². The molecule has 3 heteroatoms. The smallest absolute Gasteiger partial charge is 0.0595 e. The Morgan fingerprint density at radius 3 is 2.31 bits per heavy atom. The largest absolute Gasteiger partial charge is 0.321 e. The molecular formula is C10H11Cl2N. The van der Waals surface area contributed by atoms with E-state index in [1.54, 1.807) is 0 Å². The van der Waals surface area contributed by atoms with Crippen molar-refractivity contribution in [2.24, 2.45) is 5.73 Å². The van der Waals surface area contributed by atoms with Gasteiger partial charge in [-0.3, -0.25) is 0 Å². The molecule has 0 spiro atoms. The van der Waals surface area contributed by atoms with Crippen molar-refractivity contribution in [2.45, 2.75) is 24.8 Å². The molecule has 1 aromatic rings. The minimum absolute atomic E-state index is 0.145. The van der Waals surface area contributed by atoms with E-state index in [2.05, 4.69) is 0 Å². The Morgan fingerprint density at radius 1 is 1.15 bits per heavy atom. The van der Waals surface area contributed by atoms with Crippen LogP contribution in [0.1, 0.15) is 24.8 Å². The first kappa shape index (κ1) is 9.32. The Labute approximate surface area is 87.8 Å². The lowest BCUT2D eigenvalue weighted by atomic mass is 9.73. The van der Waals surface area contributed by atoms with Crippen LogP contribution >= 0.6 is 23.2 Å². The SMILES string of the molecule is NC1(c2ccc(Cl)c(Cl)c2)CCC1. The summed E-state index contributed by atoms with van der Waals surface area (Å²) in [5.74, 6) is 0. The van der Waals surface area contributed by atoms with Crippen LogP contribution in [0.15, 0.2) is 18.2 Å². The lowest BCUT2D eigenvalue weighted by molar-refractivity contribution is 0.253. The molecule has 2 N–H and O–H groups in total. The maximum absolute atomic E-state index is 6.14. The lowest BCUT2D eigenvalue weighted by Gasteiger charge is -2.38. The first-order valence-corrected chi connectivity index (χ1v) is 5.12. The van der Waals surface area contributed by atoms with E-state index >= 15 is 0 Å². The van der Waals surface area contributed by atoms with Gasteiger partial charge in [-0.25, -0.2) is 0 Å². The van der Waals surface area contributed by atoms with Crippen LogP contribution in [0.5, 0.6) is 0 Å². The second kappa shape index (κ2) is 3.16. The summed E-state index contributed by atoms with van der Waals surface area (Å²) in [6.07, 6.45) is 3.30. The molecule has 0 heterocycles. The first-order valence-electron chi connectivity index (χ1n) is 4.36. The van der Waals surface area contributed by atoms with Crippen LogP contribution in [0.2, 0.25) is 10.0 Å². The van der Waals surface area contributed by atoms with Crippen molar-refractivity contribution >= 4 is 23.2 Å². The minimum atomic E-state index is -0.145. The standard InChI is InChI=1S/C10H11Cl2N/c11-8-3-2-7(6-9(8)12)10(13)4-1-5-10/h2-3,6H,1,4-5,13H2. The predicted octanol–water partition coefficient (Wildman–Crippen LogP) is 3.33. The molecule has 1 fully saturated rings. The summed E-state index contributed by atoms with van der Waals surface area (Å²) in [5.41, 5.74) is 7.10. The van der Waals surface area contributed by atoms with Gasteiger partial charge in [0.15, 0.2) is 0 Å². The zero-order valence-electron chi connectivity index (χ0n) is 7.19. The van der Waals surface area contributed by atoms with Gasteiger partial charge in [-0.2, -0.15) is 0 Å². The van der Waals surface area contributed by atoms with E-state index in [-0.39, 0.29) is 5.54 Å². The molecule has 0 radical (unpaired) electrons. The summed E-state index contributed by atoms with van der Waals surface area (Å²) >= 11 is 11.7. The number of benzene rings is 1. The summed E-state index contributed by atoms with van der Waals surface area (Å²) in [6.45, 7) is 0. The maximum atomic E-state index is 6.14. The van der Waals surface area contributed by atoms with E-state index in [0.717, 1.165) is 18.4 Å². The predicted molar refractivity (Wildman–Crippen MR) is 56.2 cm³/mol. The Morgan fingerprint density at radius 2 is 1.85 bits per heavy atom. The molecule has 2 rings (SSSR count). The van der Waals surface area contributed by atoms with Crippen molar-refractivity contribution < 1.29 is 0 Å². The number of nitrogens with two attached hydrogens (primary N) is 1. The third-order valence-electron chi connectivity index (χ3n) is 2.74. The van der Waals surface area contributed by atoms with E-state index < -0.39 is 0 Å². The quantitative estimate of drug-likeness (QED) is 0.765. The highest BCUT2D eigenvalue weighted by molar-refractivity contribution is 6.42. The van der Waals surface area contributed by atoms with Crippen LogP contribution in [-0.4, -0.2) is 0 Å². The molecule has 13 heavy (non-hydrogen) atoms. The van der Waals surface area contributed by atoms with Crippen molar-refractivity contribution in [2.75, 3.05) is 0 Å². The molecule has 0 amide bonds. The monoisotopic (exact) mass is 215 g/mol. The van der Waals surface area contributed by atoms with Gasteiger partial charge in [-0.05, 0) is 37.0 Å². The zero-order chi connectivity index (χ0) is 9.47. The lowest BCUT2D eigenvalue weighted by Crippen LogP contribution is -2.43. The van der Waals surface area contributed by atoms with Crippen molar-refractivity contribution in [3.63, 3.8) is 0 Å². The van der Waals surface area contributed by atoms with Gasteiger partial charge in [0, 0.05) is 5.54 Å². The van der Waals surface area contributed by atoms with Crippen LogP contribution < -0.4 is 5.73 Å². The van der Waals surface area contributed by atoms with Gasteiger partial charge < -0.3 is 5.73 Å². The Balaban J connectivity index is 2.36. The molecule has 1 aliphatic carbocycles. The van der Waals surface area contributed by atoms with Crippen LogP contribution in [0.3, 0.4) is 0 Å². The molecule has 1 nitrogen and oxygen atoms in total. The van der Waals surface area contributed by atoms with Crippen LogP contribution in [0, 0.1) is 0 Å². The Bertz CT molecular complexity index is 332. The number of hydrogen-bond acceptors (Lipinski definition) is 1. The average molecular weight is 216 g/mol. The number of halogens is 2. The molecule has 0 aromatic heterocycles. The second-order valence-corrected chi connectivity index (χ2v) is 4.45. The molecule has 0 aliphatic heterocycles. The van der Waals surface area contributed by atoms with Gasteiger partial charge in [0.2, 0.25) is 0 Å². The molecular weight excluding hydrogens is 205 g/mol. The van der Waals surface area contributed by atoms with Gasteiger partial charge >= 0.3 is 0 Å². The summed E-state index contributed by atoms with van der Waals surface area (Å²) in [5, 5.41) is 1.18. The topological polar surface area (TPSA) is 26.0 Å². The highest BCUT2D eigenvalue weighted by Crippen LogP contribution is 2.40. The molecule has 0 atom stereocenters. The number of hydrogen-bond donors (Lipinski definition) is 1. The molecule has 1 aliphatic rings. The highest BCUT2D eigenvalue weighted by Gasteiger charge is 2.34. The molecule has 0 bridgehead atoms. The fourth-order valence-electron chi connectivity index (χ4n) is 1.65. The summed E-state index contributed by atoms with van der Waals surface area (Å²) in [4.78, 5) is 0. The van der Waals surface area contributed by atoms with Gasteiger partial charge in [0.25, 0.3) is 0 Å². The summed E-state index contributed by atoms with van der Waals surface area (Å²) < 4.78 is 0. The zero-order valence-corrected chi connectivity index (χ0v) is 8.70. The fourth-order valence-corrected chi connectivity index (χ4v) is 1.95. The fraction of sp³-hybridized carbons (Fsp3) is 0.400. The van der Waals surface area contributed by atoms with E-state index in [0.29, 0.717) is 10.0 Å². The second-order valence-electron chi connectivity index (χ2n) is 3.64. The van der Waals surface area contributed by atoms with Gasteiger partial charge in [0.05, 0.1) is 10.0 Å². The third-order valence-corrected chi connectivity index (χ3v) is 3.48. The first-order chi connectivity index (χ1) is 6.12. The van der Waals surface area contributed by atoms with E-state index in [1.807, 2.05) is 18.2 Å². The molecule has 0 saturated heterocycles. The highest BCUT2D eigenvalue weighted by atomic mass is 35.5. The minimum Gasteiger partial charge on any atom is -0.321 e. The van der Waals surface area contributed by atoms with E-state index in [4.69, 9.17) is 28.9 Å². The molecule has 0 unspecified atom stereocenters. The summed E-state index contributed by atoms with van der Waals surface area (Å²) in [6, 6.07) is 5.66. The maximum Gasteiger partial charge on any atom is 0.0595 e. The van der Waals surface area contributed by atoms with E-state index in [1.165, 1.54) is 6.42 Å². The third kappa shape index (κ3) is 1.56. The summed E-state index contributed by atoms with van der Waals surface area (Å²) in [7, 11) is 0. The normalized spacial score (nSPS) is 19.6. The van der Waals surface area contributed by atoms with Crippen LogP contribution in [0.4, 0.5) is 0 Å². The van der Waals surface area contributed by atoms with Gasteiger partial charge in [-0.15, -0.1) is 0 Å². The number of rotatable bonds is 1. The Hall–Kier alpha value is -0.240. The van der Waals surface area contributed by atoms with Crippen LogP contribution in [0.25, 0.3) is 0 Å². The average Bonchev–Trinajstić information content (AvgIpc) is 2.06. The van der Waals surface area contributed by atoms with Crippen molar-refractivity contribution in [1.82, 2.24) is 0 Å². The van der Waals surface area contributed by atoms with Crippen molar-refractivity contribution in [1.29, 1.82) is 0 Å². The molecule has 70 valence electrons. The van der Waals surface area contributed by atoms with Crippen LogP contribution in [-0.2, 0) is 5.54 Å². The van der Waals surface area contributed by atoms with Crippen molar-refractivity contribution in [3.05, 3.63) is 33.8 Å². The molecule has 1 aromatic carbocycles.